The van der Waals surface area contributed by atoms with Crippen LogP contribution in [0.15, 0.2) is 51.7 Å². The van der Waals surface area contributed by atoms with Crippen LogP contribution < -0.4 is 15.8 Å². The first-order valence-corrected chi connectivity index (χ1v) is 10.6. The number of benzene rings is 2. The number of amides is 1. The number of para-hydroxylation sites is 2. The molecule has 1 atom stereocenters. The number of rotatable bonds is 6. The van der Waals surface area contributed by atoms with Crippen molar-refractivity contribution < 1.29 is 18.7 Å². The van der Waals surface area contributed by atoms with Crippen LogP contribution in [0.25, 0.3) is 11.1 Å². The summed E-state index contributed by atoms with van der Waals surface area (Å²) < 4.78 is 17.9. The fraction of sp³-hybridized carbons (Fsp3) is 0.417. The minimum absolute atomic E-state index is 0.230. The zero-order chi connectivity index (χ0) is 22.0. The van der Waals surface area contributed by atoms with Crippen molar-refractivity contribution in [2.45, 2.75) is 38.1 Å². The molecule has 7 nitrogen and oxygen atoms in total. The maximum atomic E-state index is 13.1. The summed E-state index contributed by atoms with van der Waals surface area (Å²) in [5, 5.41) is 3.09. The molecule has 1 aliphatic heterocycles. The molecule has 0 radical (unpaired) electrons. The Hall–Kier alpha value is -3.06. The Kier molecular flexibility index (Phi) is 5.87. The summed E-state index contributed by atoms with van der Waals surface area (Å²) in [5.74, 6) is 0.0444. The van der Waals surface area contributed by atoms with Gasteiger partial charge in [0.05, 0.1) is 12.6 Å². The van der Waals surface area contributed by atoms with E-state index in [9.17, 15) is 9.59 Å². The molecular weight excluding hydrogens is 396 g/mol. The van der Waals surface area contributed by atoms with Crippen LogP contribution in [0.3, 0.4) is 0 Å². The number of nitrogens with one attached hydrogen (secondary N) is 1. The average Bonchev–Trinajstić information content (AvgIpc) is 3.13. The van der Waals surface area contributed by atoms with Gasteiger partial charge in [-0.05, 0) is 44.9 Å². The highest BCUT2D eigenvalue weighted by Crippen LogP contribution is 2.40. The number of aromatic nitrogens is 1. The Morgan fingerprint density at radius 2 is 1.97 bits per heavy atom. The second-order valence-corrected chi connectivity index (χ2v) is 8.20. The maximum absolute atomic E-state index is 13.1. The Morgan fingerprint density at radius 1 is 1.23 bits per heavy atom. The average molecular weight is 424 g/mol. The van der Waals surface area contributed by atoms with Crippen molar-refractivity contribution in [3.05, 3.63) is 64.1 Å². The quantitative estimate of drug-likeness (QED) is 0.656. The number of hydrogen-bond acceptors (Lipinski definition) is 5. The van der Waals surface area contributed by atoms with E-state index in [0.29, 0.717) is 30.9 Å². The number of carbonyl (C=O) groups excluding carboxylic acids is 1. The Labute approximate surface area is 181 Å². The molecule has 31 heavy (non-hydrogen) atoms. The van der Waals surface area contributed by atoms with Gasteiger partial charge >= 0.3 is 5.76 Å². The van der Waals surface area contributed by atoms with Gasteiger partial charge in [0.25, 0.3) is 0 Å². The number of hydrogen-bond donors (Lipinski definition) is 1. The van der Waals surface area contributed by atoms with Crippen molar-refractivity contribution in [2.24, 2.45) is 0 Å². The zero-order valence-corrected chi connectivity index (χ0v) is 18.1. The first-order chi connectivity index (χ1) is 14.9. The molecule has 0 saturated carbocycles. The van der Waals surface area contributed by atoms with Crippen molar-refractivity contribution >= 4 is 17.0 Å². The monoisotopic (exact) mass is 424 g/mol. The molecule has 7 heteroatoms. The van der Waals surface area contributed by atoms with Crippen molar-refractivity contribution in [3.63, 3.8) is 0 Å². The normalized spacial score (nSPS) is 16.7. The van der Waals surface area contributed by atoms with Crippen molar-refractivity contribution in [3.8, 4) is 5.75 Å². The van der Waals surface area contributed by atoms with E-state index in [0.717, 1.165) is 29.7 Å². The van der Waals surface area contributed by atoms with Gasteiger partial charge in [-0.25, -0.2) is 4.79 Å². The summed E-state index contributed by atoms with van der Waals surface area (Å²) >= 11 is 0. The second kappa shape index (κ2) is 8.59. The van der Waals surface area contributed by atoms with E-state index in [1.54, 1.807) is 32.2 Å². The lowest BCUT2D eigenvalue weighted by Crippen LogP contribution is -2.46. The van der Waals surface area contributed by atoms with Crippen molar-refractivity contribution in [2.75, 3.05) is 26.9 Å². The number of aryl methyl sites for hydroxylation is 1. The molecule has 0 bridgehead atoms. The molecule has 1 aromatic heterocycles. The molecule has 164 valence electrons. The fourth-order valence-corrected chi connectivity index (χ4v) is 4.41. The molecule has 0 aliphatic carbocycles. The Morgan fingerprint density at radius 3 is 2.71 bits per heavy atom. The van der Waals surface area contributed by atoms with E-state index >= 15 is 0 Å². The molecule has 2 aromatic carbocycles. The van der Waals surface area contributed by atoms with Gasteiger partial charge in [0.1, 0.15) is 11.8 Å². The number of oxazole rings is 1. The Bertz CT molecular complexity index is 1140. The van der Waals surface area contributed by atoms with E-state index in [1.807, 2.05) is 25.1 Å². The summed E-state index contributed by atoms with van der Waals surface area (Å²) in [4.78, 5) is 25.5. The second-order valence-electron chi connectivity index (χ2n) is 8.20. The minimum Gasteiger partial charge on any atom is -0.496 e. The van der Waals surface area contributed by atoms with Gasteiger partial charge in [0.15, 0.2) is 5.58 Å². The molecule has 3 aromatic rings. The summed E-state index contributed by atoms with van der Waals surface area (Å²) in [6, 6.07) is 12.5. The largest absolute Gasteiger partial charge is 0.496 e. The summed E-state index contributed by atoms with van der Waals surface area (Å²) in [5.41, 5.74) is 3.00. The SMILES string of the molecule is COc1ccc(C)cc1C1(CNC(=O)C(C)n2c(=O)oc3ccccc32)CCOCC1. The van der Waals surface area contributed by atoms with Gasteiger partial charge in [-0.2, -0.15) is 0 Å². The fourth-order valence-electron chi connectivity index (χ4n) is 4.41. The number of nitrogens with zero attached hydrogens (tertiary/aromatic N) is 1. The predicted molar refractivity (Wildman–Crippen MR) is 118 cm³/mol. The lowest BCUT2D eigenvalue weighted by molar-refractivity contribution is -0.124. The van der Waals surface area contributed by atoms with Crippen molar-refractivity contribution in [1.29, 1.82) is 0 Å². The topological polar surface area (TPSA) is 82.7 Å². The third-order valence-electron chi connectivity index (χ3n) is 6.26. The number of ether oxygens (including phenoxy) is 2. The maximum Gasteiger partial charge on any atom is 0.420 e. The smallest absolute Gasteiger partial charge is 0.420 e. The van der Waals surface area contributed by atoms with Gasteiger partial charge in [-0.1, -0.05) is 29.8 Å². The lowest BCUT2D eigenvalue weighted by Gasteiger charge is -2.39. The predicted octanol–water partition coefficient (Wildman–Crippen LogP) is 3.34. The lowest BCUT2D eigenvalue weighted by atomic mass is 9.73. The van der Waals surface area contributed by atoms with Crippen LogP contribution in [0.2, 0.25) is 0 Å². The molecule has 1 aliphatic rings. The van der Waals surface area contributed by atoms with Gasteiger partial charge in [0.2, 0.25) is 5.91 Å². The van der Waals surface area contributed by atoms with Crippen LogP contribution in [0, 0.1) is 6.92 Å². The van der Waals surface area contributed by atoms with E-state index in [-0.39, 0.29) is 11.3 Å². The van der Waals surface area contributed by atoms with Crippen LogP contribution in [-0.4, -0.2) is 37.3 Å². The molecule has 1 N–H and O–H groups in total. The first kappa shape index (κ1) is 21.2. The number of fused-ring (bicyclic) bond motifs is 1. The van der Waals surface area contributed by atoms with Crippen LogP contribution >= 0.6 is 0 Å². The highest BCUT2D eigenvalue weighted by Gasteiger charge is 2.38. The molecule has 0 spiro atoms. The molecule has 1 unspecified atom stereocenters. The molecule has 1 fully saturated rings. The van der Waals surface area contributed by atoms with Gasteiger partial charge in [-0.15, -0.1) is 0 Å². The molecule has 2 heterocycles. The van der Waals surface area contributed by atoms with Crippen LogP contribution in [-0.2, 0) is 14.9 Å². The highest BCUT2D eigenvalue weighted by atomic mass is 16.5. The van der Waals surface area contributed by atoms with Gasteiger partial charge in [-0.3, -0.25) is 9.36 Å². The van der Waals surface area contributed by atoms with Gasteiger partial charge < -0.3 is 19.2 Å². The summed E-state index contributed by atoms with van der Waals surface area (Å²) in [7, 11) is 1.66. The van der Waals surface area contributed by atoms with E-state index in [1.165, 1.54) is 4.57 Å². The summed E-state index contributed by atoms with van der Waals surface area (Å²) in [6.45, 7) is 5.43. The van der Waals surface area contributed by atoms with E-state index in [4.69, 9.17) is 13.9 Å². The molecule has 4 rings (SSSR count). The van der Waals surface area contributed by atoms with E-state index in [2.05, 4.69) is 11.4 Å². The minimum atomic E-state index is -0.701. The number of carbonyl (C=O) groups is 1. The third-order valence-corrected chi connectivity index (χ3v) is 6.26. The van der Waals surface area contributed by atoms with Crippen LogP contribution in [0.4, 0.5) is 0 Å². The highest BCUT2D eigenvalue weighted by molar-refractivity contribution is 5.83. The first-order valence-electron chi connectivity index (χ1n) is 10.6. The van der Waals surface area contributed by atoms with Gasteiger partial charge in [0, 0.05) is 30.7 Å². The van der Waals surface area contributed by atoms with Crippen molar-refractivity contribution in [1.82, 2.24) is 9.88 Å². The third kappa shape index (κ3) is 3.97. The Balaban J connectivity index is 1.60. The summed E-state index contributed by atoms with van der Waals surface area (Å²) in [6.07, 6.45) is 1.55. The zero-order valence-electron chi connectivity index (χ0n) is 18.1. The molecular formula is C24H28N2O5. The molecule has 1 saturated heterocycles. The van der Waals surface area contributed by atoms with E-state index < -0.39 is 11.8 Å². The molecule has 1 amide bonds. The van der Waals surface area contributed by atoms with Crippen LogP contribution in [0.1, 0.15) is 36.9 Å². The number of methoxy groups -OCH3 is 1. The standard InChI is InChI=1S/C24H28N2O5/c1-16-8-9-20(29-3)18(14-16)24(10-12-30-13-11-24)15-25-22(27)17(2)26-19-6-4-5-7-21(19)31-23(26)28/h4-9,14,17H,10-13,15H2,1-3H3,(H,25,27). The van der Waals surface area contributed by atoms with Crippen LogP contribution in [0.5, 0.6) is 5.75 Å².